The van der Waals surface area contributed by atoms with Gasteiger partial charge in [-0.25, -0.2) is 13.8 Å². The third-order valence-corrected chi connectivity index (χ3v) is 2.46. The summed E-state index contributed by atoms with van der Waals surface area (Å²) in [6.45, 7) is -0.306. The monoisotopic (exact) mass is 288 g/mol. The molecule has 0 radical (unpaired) electrons. The number of pyridine rings is 1. The molecular weight excluding hydrogens is 278 g/mol. The average Bonchev–Trinajstić information content (AvgIpc) is 2.45. The van der Waals surface area contributed by atoms with Crippen molar-refractivity contribution in [2.24, 2.45) is 0 Å². The molecule has 1 aromatic heterocycles. The number of carbonyl (C=O) groups is 1. The number of anilines is 1. The smallest absolute Gasteiger partial charge is 0.259 e. The van der Waals surface area contributed by atoms with Gasteiger partial charge >= 0.3 is 0 Å². The Hall–Kier alpha value is -2.78. The van der Waals surface area contributed by atoms with Crippen molar-refractivity contribution in [3.8, 4) is 11.8 Å². The van der Waals surface area contributed by atoms with Gasteiger partial charge in [0.25, 0.3) is 5.91 Å². The van der Waals surface area contributed by atoms with Crippen LogP contribution in [-0.2, 0) is 0 Å². The normalized spacial score (nSPS) is 9.67. The Labute approximate surface area is 119 Å². The molecule has 106 valence electrons. The van der Waals surface area contributed by atoms with Crippen molar-refractivity contribution >= 4 is 11.7 Å². The second-order valence-electron chi connectivity index (χ2n) is 3.95. The third-order valence-electron chi connectivity index (χ3n) is 2.46. The molecule has 0 saturated carbocycles. The molecule has 21 heavy (non-hydrogen) atoms. The van der Waals surface area contributed by atoms with E-state index < -0.39 is 17.5 Å². The van der Waals surface area contributed by atoms with Crippen molar-refractivity contribution in [3.05, 3.63) is 59.3 Å². The maximum atomic E-state index is 13.5. The minimum atomic E-state index is -0.955. The Morgan fingerprint density at radius 2 is 2.10 bits per heavy atom. The second-order valence-corrected chi connectivity index (χ2v) is 3.95. The molecule has 1 aromatic carbocycles. The summed E-state index contributed by atoms with van der Waals surface area (Å²) < 4.78 is 26.3. The van der Waals surface area contributed by atoms with E-state index in [1.165, 1.54) is 6.07 Å². The number of hydrogen-bond acceptors (Lipinski definition) is 3. The van der Waals surface area contributed by atoms with Gasteiger partial charge in [-0.2, -0.15) is 0 Å². The fourth-order valence-corrected chi connectivity index (χ4v) is 1.56. The first-order valence-electron chi connectivity index (χ1n) is 5.93. The molecule has 2 N–H and O–H groups in total. The van der Waals surface area contributed by atoms with Crippen molar-refractivity contribution < 1.29 is 18.7 Å². The summed E-state index contributed by atoms with van der Waals surface area (Å²) in [7, 11) is 0. The van der Waals surface area contributed by atoms with E-state index >= 15 is 0 Å². The number of aromatic nitrogens is 1. The largest absolute Gasteiger partial charge is 0.384 e. The van der Waals surface area contributed by atoms with E-state index in [0.717, 1.165) is 12.1 Å². The predicted octanol–water partition coefficient (Wildman–Crippen LogP) is 1.96. The van der Waals surface area contributed by atoms with Crippen molar-refractivity contribution in [1.82, 2.24) is 4.98 Å². The van der Waals surface area contributed by atoms with Crippen LogP contribution in [0.4, 0.5) is 14.6 Å². The number of rotatable bonds is 2. The minimum Gasteiger partial charge on any atom is -0.384 e. The van der Waals surface area contributed by atoms with E-state index in [1.54, 1.807) is 12.1 Å². The van der Waals surface area contributed by atoms with Crippen molar-refractivity contribution in [1.29, 1.82) is 0 Å². The molecule has 2 rings (SSSR count). The SMILES string of the molecule is O=C(Nc1cccc(C#CCO)n1)c1ccc(F)cc1F. The number of aliphatic hydroxyl groups is 1. The van der Waals surface area contributed by atoms with Gasteiger partial charge < -0.3 is 10.4 Å². The fourth-order valence-electron chi connectivity index (χ4n) is 1.56. The van der Waals surface area contributed by atoms with Crippen LogP contribution in [0, 0.1) is 23.5 Å². The first-order valence-corrected chi connectivity index (χ1v) is 5.93. The number of aliphatic hydroxyl groups excluding tert-OH is 1. The van der Waals surface area contributed by atoms with Gasteiger partial charge in [0, 0.05) is 6.07 Å². The van der Waals surface area contributed by atoms with E-state index in [0.29, 0.717) is 11.8 Å². The van der Waals surface area contributed by atoms with Gasteiger partial charge in [0.2, 0.25) is 0 Å². The number of nitrogens with zero attached hydrogens (tertiary/aromatic N) is 1. The second kappa shape index (κ2) is 6.59. The highest BCUT2D eigenvalue weighted by Gasteiger charge is 2.13. The average molecular weight is 288 g/mol. The van der Waals surface area contributed by atoms with Crippen LogP contribution >= 0.6 is 0 Å². The molecule has 1 amide bonds. The number of halogens is 2. The Kier molecular flexibility index (Phi) is 4.59. The highest BCUT2D eigenvalue weighted by Crippen LogP contribution is 2.12. The van der Waals surface area contributed by atoms with Crippen LogP contribution in [0.1, 0.15) is 16.1 Å². The Bertz CT molecular complexity index is 736. The summed E-state index contributed by atoms with van der Waals surface area (Å²) in [5.74, 6) is 2.72. The molecule has 4 nitrogen and oxygen atoms in total. The predicted molar refractivity (Wildman–Crippen MR) is 72.5 cm³/mol. The minimum absolute atomic E-state index is 0.175. The molecule has 0 saturated heterocycles. The van der Waals surface area contributed by atoms with Crippen LogP contribution in [0.3, 0.4) is 0 Å². The number of carbonyl (C=O) groups excluding carboxylic acids is 1. The quantitative estimate of drug-likeness (QED) is 0.830. The summed E-state index contributed by atoms with van der Waals surface area (Å²) in [6.07, 6.45) is 0. The Balaban J connectivity index is 2.19. The zero-order valence-corrected chi connectivity index (χ0v) is 10.7. The third kappa shape index (κ3) is 3.84. The summed E-state index contributed by atoms with van der Waals surface area (Å²) in [6, 6.07) is 7.38. The molecule has 2 aromatic rings. The first-order chi connectivity index (χ1) is 10.1. The molecule has 1 heterocycles. The summed E-state index contributed by atoms with van der Waals surface area (Å²) in [4.78, 5) is 15.9. The standard InChI is InChI=1S/C15H10F2N2O2/c16-10-6-7-12(13(17)9-10)15(21)19-14-5-1-3-11(18-14)4-2-8-20/h1,3,5-7,9,20H,8H2,(H,18,19,21). The zero-order valence-electron chi connectivity index (χ0n) is 10.7. The molecule has 0 aliphatic rings. The molecular formula is C15H10F2N2O2. The molecule has 6 heteroatoms. The first kappa shape index (κ1) is 14.6. The van der Waals surface area contributed by atoms with Gasteiger partial charge in [0.15, 0.2) is 0 Å². The van der Waals surface area contributed by atoms with Crippen LogP contribution in [0.2, 0.25) is 0 Å². The summed E-state index contributed by atoms with van der Waals surface area (Å²) in [5, 5.41) is 11.0. The van der Waals surface area contributed by atoms with Gasteiger partial charge in [0.1, 0.15) is 29.8 Å². The molecule has 0 spiro atoms. The maximum absolute atomic E-state index is 13.5. The van der Waals surface area contributed by atoms with Crippen molar-refractivity contribution in [3.63, 3.8) is 0 Å². The van der Waals surface area contributed by atoms with Gasteiger partial charge in [-0.05, 0) is 30.2 Å². The molecule has 0 unspecified atom stereocenters. The molecule has 0 aliphatic carbocycles. The lowest BCUT2D eigenvalue weighted by atomic mass is 10.2. The summed E-state index contributed by atoms with van der Waals surface area (Å²) >= 11 is 0. The van der Waals surface area contributed by atoms with E-state index in [1.807, 2.05) is 0 Å². The van der Waals surface area contributed by atoms with E-state index in [4.69, 9.17) is 5.11 Å². The highest BCUT2D eigenvalue weighted by molar-refractivity contribution is 6.03. The Morgan fingerprint density at radius 1 is 1.29 bits per heavy atom. The van der Waals surface area contributed by atoms with Crippen LogP contribution in [-0.4, -0.2) is 22.6 Å². The number of amides is 1. The lowest BCUT2D eigenvalue weighted by Gasteiger charge is -2.05. The van der Waals surface area contributed by atoms with E-state index in [9.17, 15) is 13.6 Å². The van der Waals surface area contributed by atoms with Gasteiger partial charge in [-0.1, -0.05) is 12.0 Å². The van der Waals surface area contributed by atoms with Gasteiger partial charge in [0.05, 0.1) is 5.56 Å². The fraction of sp³-hybridized carbons (Fsp3) is 0.0667. The molecule has 0 atom stereocenters. The van der Waals surface area contributed by atoms with Crippen LogP contribution < -0.4 is 5.32 Å². The number of nitrogens with one attached hydrogen (secondary N) is 1. The number of benzene rings is 1. The molecule has 0 aliphatic heterocycles. The van der Waals surface area contributed by atoms with Crippen LogP contribution in [0.15, 0.2) is 36.4 Å². The zero-order chi connectivity index (χ0) is 15.2. The van der Waals surface area contributed by atoms with Gasteiger partial charge in [-0.3, -0.25) is 4.79 Å². The lowest BCUT2D eigenvalue weighted by molar-refractivity contribution is 0.102. The van der Waals surface area contributed by atoms with Crippen LogP contribution in [0.5, 0.6) is 0 Å². The maximum Gasteiger partial charge on any atom is 0.259 e. The Morgan fingerprint density at radius 3 is 2.81 bits per heavy atom. The van der Waals surface area contributed by atoms with Gasteiger partial charge in [-0.15, -0.1) is 0 Å². The lowest BCUT2D eigenvalue weighted by Crippen LogP contribution is -2.15. The van der Waals surface area contributed by atoms with Crippen molar-refractivity contribution in [2.75, 3.05) is 11.9 Å². The molecule has 0 fully saturated rings. The number of hydrogen-bond donors (Lipinski definition) is 2. The topological polar surface area (TPSA) is 62.2 Å². The molecule has 0 bridgehead atoms. The van der Waals surface area contributed by atoms with Crippen molar-refractivity contribution in [2.45, 2.75) is 0 Å². The van der Waals surface area contributed by atoms with Crippen LogP contribution in [0.25, 0.3) is 0 Å². The summed E-state index contributed by atoms with van der Waals surface area (Å²) in [5.41, 5.74) is 0.0615. The van der Waals surface area contributed by atoms with E-state index in [2.05, 4.69) is 22.1 Å². The van der Waals surface area contributed by atoms with E-state index in [-0.39, 0.29) is 18.0 Å². The highest BCUT2D eigenvalue weighted by atomic mass is 19.1.